The molecule has 2 N–H and O–H groups in total. The van der Waals surface area contributed by atoms with E-state index in [1.54, 1.807) is 36.5 Å². The largest absolute Gasteiger partial charge is 0.349 e. The molecule has 1 aromatic carbocycles. The molecule has 0 bridgehead atoms. The van der Waals surface area contributed by atoms with Crippen LogP contribution in [0.2, 0.25) is 0 Å². The van der Waals surface area contributed by atoms with Crippen LogP contribution in [-0.2, 0) is 16.6 Å². The Morgan fingerprint density at radius 2 is 1.70 bits per heavy atom. The van der Waals surface area contributed by atoms with E-state index in [-0.39, 0.29) is 23.4 Å². The lowest BCUT2D eigenvalue weighted by molar-refractivity contribution is 0.0933. The van der Waals surface area contributed by atoms with Gasteiger partial charge >= 0.3 is 0 Å². The maximum absolute atomic E-state index is 12.4. The fourth-order valence-corrected chi connectivity index (χ4v) is 4.23. The van der Waals surface area contributed by atoms with Crippen molar-refractivity contribution < 1.29 is 13.2 Å². The first-order valence-electron chi connectivity index (χ1n) is 9.35. The van der Waals surface area contributed by atoms with Gasteiger partial charge in [-0.2, -0.15) is 0 Å². The van der Waals surface area contributed by atoms with Crippen LogP contribution in [0.1, 0.15) is 54.6 Å². The van der Waals surface area contributed by atoms with Crippen molar-refractivity contribution in [3.63, 3.8) is 0 Å². The maximum Gasteiger partial charge on any atom is 0.251 e. The van der Waals surface area contributed by atoms with Crippen molar-refractivity contribution in [1.82, 2.24) is 15.0 Å². The number of benzene rings is 1. The normalized spacial score (nSPS) is 15.9. The van der Waals surface area contributed by atoms with Crippen LogP contribution in [0.3, 0.4) is 0 Å². The van der Waals surface area contributed by atoms with Gasteiger partial charge in [0, 0.05) is 17.8 Å². The Bertz CT molecular complexity index is 844. The monoisotopic (exact) mass is 387 g/mol. The first-order valence-corrected chi connectivity index (χ1v) is 10.8. The van der Waals surface area contributed by atoms with E-state index in [9.17, 15) is 13.2 Å². The number of hydrogen-bond donors (Lipinski definition) is 2. The predicted octanol–water partition coefficient (Wildman–Crippen LogP) is 3.01. The van der Waals surface area contributed by atoms with Gasteiger partial charge in [-0.05, 0) is 49.2 Å². The predicted molar refractivity (Wildman–Crippen MR) is 104 cm³/mol. The van der Waals surface area contributed by atoms with Gasteiger partial charge in [-0.1, -0.05) is 31.7 Å². The smallest absolute Gasteiger partial charge is 0.251 e. The van der Waals surface area contributed by atoms with E-state index in [0.29, 0.717) is 11.3 Å². The minimum absolute atomic E-state index is 0.118. The molecular weight excluding hydrogens is 362 g/mol. The summed E-state index contributed by atoms with van der Waals surface area (Å²) < 4.78 is 27.3. The number of aromatic nitrogens is 1. The van der Waals surface area contributed by atoms with Gasteiger partial charge in [-0.25, -0.2) is 13.1 Å². The van der Waals surface area contributed by atoms with E-state index in [1.165, 1.54) is 25.0 Å². The van der Waals surface area contributed by atoms with E-state index in [1.807, 2.05) is 0 Å². The highest BCUT2D eigenvalue weighted by Gasteiger charge is 2.18. The lowest BCUT2D eigenvalue weighted by Crippen LogP contribution is -2.34. The van der Waals surface area contributed by atoms with Gasteiger partial charge in [0.1, 0.15) is 0 Å². The zero-order valence-electron chi connectivity index (χ0n) is 15.2. The van der Waals surface area contributed by atoms with Crippen LogP contribution in [0.5, 0.6) is 0 Å². The van der Waals surface area contributed by atoms with Crippen LogP contribution in [-0.4, -0.2) is 25.4 Å². The molecule has 1 aromatic heterocycles. The zero-order valence-corrected chi connectivity index (χ0v) is 16.0. The molecule has 0 spiro atoms. The molecule has 1 amide bonds. The van der Waals surface area contributed by atoms with Crippen molar-refractivity contribution in [2.75, 3.05) is 0 Å². The molecule has 0 unspecified atom stereocenters. The Kier molecular flexibility index (Phi) is 6.58. The van der Waals surface area contributed by atoms with Gasteiger partial charge in [0.05, 0.1) is 17.1 Å². The van der Waals surface area contributed by atoms with E-state index >= 15 is 0 Å². The highest BCUT2D eigenvalue weighted by Crippen LogP contribution is 2.18. The van der Waals surface area contributed by atoms with Crippen LogP contribution >= 0.6 is 0 Å². The summed E-state index contributed by atoms with van der Waals surface area (Å²) in [6.07, 6.45) is 8.37. The molecule has 0 radical (unpaired) electrons. The van der Waals surface area contributed by atoms with Gasteiger partial charge in [0.2, 0.25) is 10.0 Å². The second-order valence-electron chi connectivity index (χ2n) is 6.83. The molecule has 1 aliphatic carbocycles. The Labute approximate surface area is 160 Å². The number of amides is 1. The molecule has 1 heterocycles. The molecule has 0 atom stereocenters. The molecule has 1 fully saturated rings. The molecule has 1 aliphatic rings. The fourth-order valence-electron chi connectivity index (χ4n) is 3.23. The van der Waals surface area contributed by atoms with Crippen molar-refractivity contribution in [3.05, 3.63) is 59.9 Å². The van der Waals surface area contributed by atoms with E-state index in [0.717, 1.165) is 25.7 Å². The molecule has 3 rings (SSSR count). The van der Waals surface area contributed by atoms with E-state index in [2.05, 4.69) is 15.0 Å². The van der Waals surface area contributed by atoms with Crippen LogP contribution < -0.4 is 10.0 Å². The number of carbonyl (C=O) groups excluding carboxylic acids is 1. The molecular formula is C20H25N3O3S. The highest BCUT2D eigenvalue weighted by molar-refractivity contribution is 7.89. The second kappa shape index (κ2) is 9.10. The SMILES string of the molecule is O=C(NC1CCCCCC1)c1ccc(S(=O)(=O)NCc2ccccn2)cc1. The van der Waals surface area contributed by atoms with Crippen molar-refractivity contribution in [2.45, 2.75) is 56.0 Å². The summed E-state index contributed by atoms with van der Waals surface area (Å²) in [5.41, 5.74) is 1.11. The standard InChI is InChI=1S/C20H25N3O3S/c24-20(23-17-7-3-1-2-4-8-17)16-10-12-19(13-11-16)27(25,26)22-15-18-9-5-6-14-21-18/h5-6,9-14,17,22H,1-4,7-8,15H2,(H,23,24). The van der Waals surface area contributed by atoms with Crippen molar-refractivity contribution in [3.8, 4) is 0 Å². The maximum atomic E-state index is 12.4. The summed E-state index contributed by atoms with van der Waals surface area (Å²) >= 11 is 0. The summed E-state index contributed by atoms with van der Waals surface area (Å²) in [5.74, 6) is -0.146. The molecule has 6 nitrogen and oxygen atoms in total. The number of rotatable bonds is 6. The van der Waals surface area contributed by atoms with Crippen molar-refractivity contribution in [2.24, 2.45) is 0 Å². The topological polar surface area (TPSA) is 88.2 Å². The lowest BCUT2D eigenvalue weighted by atomic mass is 10.1. The lowest BCUT2D eigenvalue weighted by Gasteiger charge is -2.16. The third-order valence-corrected chi connectivity index (χ3v) is 6.20. The Morgan fingerprint density at radius 1 is 1.00 bits per heavy atom. The van der Waals surface area contributed by atoms with Gasteiger partial charge in [-0.3, -0.25) is 9.78 Å². The number of nitrogens with zero attached hydrogens (tertiary/aromatic N) is 1. The molecule has 1 saturated carbocycles. The van der Waals surface area contributed by atoms with Gasteiger partial charge < -0.3 is 5.32 Å². The van der Waals surface area contributed by atoms with Crippen LogP contribution in [0.15, 0.2) is 53.6 Å². The number of sulfonamides is 1. The molecule has 0 saturated heterocycles. The minimum Gasteiger partial charge on any atom is -0.349 e. The summed E-state index contributed by atoms with van der Waals surface area (Å²) in [5, 5.41) is 3.07. The third-order valence-electron chi connectivity index (χ3n) is 4.79. The average molecular weight is 388 g/mol. The van der Waals surface area contributed by atoms with Crippen molar-refractivity contribution >= 4 is 15.9 Å². The molecule has 27 heavy (non-hydrogen) atoms. The number of carbonyl (C=O) groups is 1. The van der Waals surface area contributed by atoms with E-state index in [4.69, 9.17) is 0 Å². The highest BCUT2D eigenvalue weighted by atomic mass is 32.2. The van der Waals surface area contributed by atoms with Crippen LogP contribution in [0, 0.1) is 0 Å². The first kappa shape index (κ1) is 19.5. The molecule has 144 valence electrons. The minimum atomic E-state index is -3.65. The Balaban J connectivity index is 1.60. The van der Waals surface area contributed by atoms with Crippen molar-refractivity contribution in [1.29, 1.82) is 0 Å². The summed E-state index contributed by atoms with van der Waals surface area (Å²) in [7, 11) is -3.65. The Morgan fingerprint density at radius 3 is 2.33 bits per heavy atom. The zero-order chi connectivity index (χ0) is 19.1. The Hall–Kier alpha value is -2.25. The molecule has 7 heteroatoms. The molecule has 0 aliphatic heterocycles. The van der Waals surface area contributed by atoms with Crippen LogP contribution in [0.4, 0.5) is 0 Å². The quantitative estimate of drug-likeness (QED) is 0.746. The van der Waals surface area contributed by atoms with Gasteiger partial charge in [0.25, 0.3) is 5.91 Å². The second-order valence-corrected chi connectivity index (χ2v) is 8.60. The molecule has 2 aromatic rings. The average Bonchev–Trinajstić information content (AvgIpc) is 2.96. The number of hydrogen-bond acceptors (Lipinski definition) is 4. The number of pyridine rings is 1. The number of nitrogens with one attached hydrogen (secondary N) is 2. The summed E-state index contributed by atoms with van der Waals surface area (Å²) in [6, 6.07) is 11.6. The van der Waals surface area contributed by atoms with Gasteiger partial charge in [0.15, 0.2) is 0 Å². The first-order chi connectivity index (χ1) is 13.0. The van der Waals surface area contributed by atoms with E-state index < -0.39 is 10.0 Å². The van der Waals surface area contributed by atoms with Crippen LogP contribution in [0.25, 0.3) is 0 Å². The third kappa shape index (κ3) is 5.61. The summed E-state index contributed by atoms with van der Waals surface area (Å²) in [6.45, 7) is 0.118. The van der Waals surface area contributed by atoms with Gasteiger partial charge in [-0.15, -0.1) is 0 Å². The summed E-state index contributed by atoms with van der Waals surface area (Å²) in [4.78, 5) is 16.6. The fraction of sp³-hybridized carbons (Fsp3) is 0.400.